The summed E-state index contributed by atoms with van der Waals surface area (Å²) in [5.74, 6) is -2.09. The van der Waals surface area contributed by atoms with Crippen molar-refractivity contribution < 1.29 is 33.5 Å². The molecule has 0 saturated heterocycles. The van der Waals surface area contributed by atoms with Gasteiger partial charge in [0.05, 0.1) is 11.4 Å². The van der Waals surface area contributed by atoms with Gasteiger partial charge in [-0.1, -0.05) is 12.1 Å². The zero-order valence-electron chi connectivity index (χ0n) is 11.8. The minimum atomic E-state index is -1.41. The molecule has 1 atom stereocenters. The number of pyridine rings is 2. The minimum absolute atomic E-state index is 0.421. The normalized spacial score (nSPS) is 10.3. The van der Waals surface area contributed by atoms with E-state index in [1.54, 1.807) is 31.2 Å². The fourth-order valence-electron chi connectivity index (χ4n) is 1.32. The van der Waals surface area contributed by atoms with E-state index in [2.05, 4.69) is 25.1 Å². The zero-order valence-corrected chi connectivity index (χ0v) is 14.9. The molecule has 1 amide bonds. The average molecular weight is 518 g/mol. The summed E-state index contributed by atoms with van der Waals surface area (Å²) in [5, 5.41) is 8.04. The second kappa shape index (κ2) is 12.7. The number of carbonyl (C=O) groups is 2. The molecule has 0 aliphatic rings. The van der Waals surface area contributed by atoms with Gasteiger partial charge in [0.1, 0.15) is 0 Å². The zero-order chi connectivity index (χ0) is 17.7. The van der Waals surface area contributed by atoms with Crippen molar-refractivity contribution in [2.45, 2.75) is 12.5 Å². The first-order valence-corrected chi connectivity index (χ1v) is 8.99. The molecule has 2 rings (SSSR count). The number of aromatic nitrogens is 2. The van der Waals surface area contributed by atoms with Gasteiger partial charge in [-0.25, -0.2) is 0 Å². The maximum Gasteiger partial charge on any atom is 0.285 e. The summed E-state index contributed by atoms with van der Waals surface area (Å²) in [5.41, 5.74) is 13.1. The van der Waals surface area contributed by atoms with Crippen LogP contribution in [0.25, 0.3) is 17.1 Å². The Bertz CT molecular complexity index is 550. The molecule has 4 N–H and O–H groups in total. The van der Waals surface area contributed by atoms with E-state index in [-0.39, 0.29) is 0 Å². The molecule has 7 nitrogen and oxygen atoms in total. The Morgan fingerprint density at radius 1 is 1.13 bits per heavy atom. The van der Waals surface area contributed by atoms with Crippen LogP contribution < -0.4 is 5.73 Å². The first-order valence-electron chi connectivity index (χ1n) is 6.17. The summed E-state index contributed by atoms with van der Waals surface area (Å²) in [6.07, 6.45) is 3.11. The Labute approximate surface area is 148 Å². The Hall–Kier alpha value is -1.82. The van der Waals surface area contributed by atoms with Crippen LogP contribution in [0.5, 0.6) is 0 Å². The Kier molecular flexibility index (Phi) is 11.7. The molecule has 0 radical (unpaired) electrons. The third-order valence-electron chi connectivity index (χ3n) is 2.30. The van der Waals surface area contributed by atoms with Crippen LogP contribution in [0, 0.1) is 0 Å². The van der Waals surface area contributed by atoms with Crippen LogP contribution in [0.4, 0.5) is 0 Å². The molecule has 0 fully saturated rings. The fraction of sp³-hybridized carbons (Fsp3) is 0.143. The summed E-state index contributed by atoms with van der Waals surface area (Å²) in [6, 6.07) is 10.2. The van der Waals surface area contributed by atoms with Crippen molar-refractivity contribution in [2.24, 2.45) is 5.73 Å². The van der Waals surface area contributed by atoms with Crippen molar-refractivity contribution in [1.29, 1.82) is 0 Å². The van der Waals surface area contributed by atoms with Gasteiger partial charge in [-0.2, -0.15) is 0 Å². The van der Waals surface area contributed by atoms with Gasteiger partial charge in [0.2, 0.25) is 5.91 Å². The van der Waals surface area contributed by atoms with Crippen LogP contribution in [-0.2, 0) is 28.4 Å². The van der Waals surface area contributed by atoms with E-state index in [1.165, 1.54) is 0 Å². The molecule has 9 heteroatoms. The van der Waals surface area contributed by atoms with Crippen LogP contribution in [-0.4, -0.2) is 33.0 Å². The second-order valence-corrected chi connectivity index (χ2v) is 3.99. The summed E-state index contributed by atoms with van der Waals surface area (Å²) in [4.78, 5) is 28.2. The van der Waals surface area contributed by atoms with Gasteiger partial charge in [0.25, 0.3) is 5.97 Å². The third-order valence-corrected chi connectivity index (χ3v) is 2.30. The molecule has 23 heavy (non-hydrogen) atoms. The summed E-state index contributed by atoms with van der Waals surface area (Å²) in [6.45, 7) is 0. The molecule has 0 spiro atoms. The van der Waals surface area contributed by atoms with Gasteiger partial charge in [0, 0.05) is 18.8 Å². The first kappa shape index (κ1) is 21.2. The molecule has 2 aromatic rings. The van der Waals surface area contributed by atoms with Crippen LogP contribution in [0.15, 0.2) is 48.8 Å². The van der Waals surface area contributed by atoms with Gasteiger partial charge >= 0.3 is 28.2 Å². The van der Waals surface area contributed by atoms with Crippen molar-refractivity contribution in [3.8, 4) is 11.4 Å². The number of hydrogen-bond acceptors (Lipinski definition) is 4. The molecule has 0 aromatic carbocycles. The quantitative estimate of drug-likeness (QED) is 0.642. The molecule has 2 heterocycles. The van der Waals surface area contributed by atoms with Gasteiger partial charge in [-0.15, -0.1) is 0 Å². The van der Waals surface area contributed by atoms with Crippen molar-refractivity contribution in [3.05, 3.63) is 54.5 Å². The summed E-state index contributed by atoms with van der Waals surface area (Å²) >= 11 is 1.61. The molecular formula is C14H15ClN4O3Pt. The minimum Gasteiger partial charge on any atom is -0.665 e. The Balaban J connectivity index is 0.000000396. The third kappa shape index (κ3) is 9.73. The number of carboxylic acid groups (broad SMARTS) is 1. The van der Waals surface area contributed by atoms with Crippen LogP contribution in [0.1, 0.15) is 6.42 Å². The molecule has 0 bridgehead atoms. The Morgan fingerprint density at radius 2 is 1.57 bits per heavy atom. The molecule has 1 unspecified atom stereocenters. The topological polar surface area (TPSA) is 130 Å². The first-order chi connectivity index (χ1) is 11.0. The number of nitrogens with two attached hydrogens (primary N) is 1. The van der Waals surface area contributed by atoms with E-state index < -0.39 is 24.3 Å². The number of carboxylic acids is 1. The fourth-order valence-corrected chi connectivity index (χ4v) is 1.32. The Morgan fingerprint density at radius 3 is 1.78 bits per heavy atom. The van der Waals surface area contributed by atoms with E-state index in [0.29, 0.717) is 0 Å². The van der Waals surface area contributed by atoms with Crippen molar-refractivity contribution in [3.63, 3.8) is 0 Å². The average Bonchev–Trinajstić information content (AvgIpc) is 2.58. The van der Waals surface area contributed by atoms with E-state index in [9.17, 15) is 9.59 Å². The number of hydrogen-bond donors (Lipinski definition) is 2. The van der Waals surface area contributed by atoms with Crippen LogP contribution in [0.3, 0.4) is 0 Å². The summed E-state index contributed by atoms with van der Waals surface area (Å²) < 4.78 is 0. The number of nitrogens with zero attached hydrogens (tertiary/aromatic N) is 2. The van der Waals surface area contributed by atoms with Crippen molar-refractivity contribution >= 4 is 21.3 Å². The van der Waals surface area contributed by atoms with Gasteiger partial charge in [0.15, 0.2) is 0 Å². The number of rotatable bonds is 4. The summed E-state index contributed by atoms with van der Waals surface area (Å²) in [7, 11) is 4.61. The van der Waals surface area contributed by atoms with Gasteiger partial charge in [-0.05, 0) is 30.3 Å². The van der Waals surface area contributed by atoms with Gasteiger partial charge < -0.3 is 16.6 Å². The van der Waals surface area contributed by atoms with E-state index in [0.717, 1.165) is 11.4 Å². The monoisotopic (exact) mass is 517 g/mol. The molecule has 0 saturated carbocycles. The number of aliphatic carboxylic acids is 1. The van der Waals surface area contributed by atoms with E-state index in [1.807, 2.05) is 36.4 Å². The molecule has 2 aromatic heterocycles. The standard InChI is InChI=1S/C10H8N2.C4H7N2O3.ClH.Pt/c1-3-7-11-9(5-1)10-6-2-4-8-12-10;5-2(4(8)9)1-3(6)7;;/h1-8H;2,5H,1H2,(H2,6,7)(H,8,9);1H;/q;-1;;+2/p-1. The van der Waals surface area contributed by atoms with Crippen LogP contribution >= 0.6 is 9.42 Å². The molecule has 126 valence electrons. The molecule has 0 aliphatic carbocycles. The number of primary amides is 1. The largest absolute Gasteiger partial charge is 0.665 e. The van der Waals surface area contributed by atoms with Crippen molar-refractivity contribution in [2.75, 3.05) is 0 Å². The number of nitrogens with one attached hydrogen (secondary N) is 1. The smallest absolute Gasteiger partial charge is 0.285 e. The molecular weight excluding hydrogens is 503 g/mol. The maximum atomic E-state index is 9.95. The van der Waals surface area contributed by atoms with Crippen LogP contribution in [0.2, 0.25) is 0 Å². The predicted molar refractivity (Wildman–Crippen MR) is 82.9 cm³/mol. The SMILES string of the molecule is [Cl][Pt+].[NH-]C(CC(N)=O)C(=O)O.c1ccc(-c2ccccn2)nc1. The van der Waals surface area contributed by atoms with E-state index >= 15 is 0 Å². The predicted octanol–water partition coefficient (Wildman–Crippen LogP) is 2.20. The van der Waals surface area contributed by atoms with Crippen molar-refractivity contribution in [1.82, 2.24) is 9.97 Å². The second-order valence-electron chi connectivity index (χ2n) is 3.99. The maximum absolute atomic E-state index is 9.95. The number of amides is 1. The number of carbonyl (C=O) groups excluding carboxylic acids is 1. The number of halogens is 1. The van der Waals surface area contributed by atoms with Gasteiger partial charge in [-0.3, -0.25) is 19.6 Å². The molecule has 0 aliphatic heterocycles. The van der Waals surface area contributed by atoms with E-state index in [4.69, 9.17) is 10.8 Å².